The second-order valence-electron chi connectivity index (χ2n) is 3.00. The van der Waals surface area contributed by atoms with Crippen molar-refractivity contribution < 1.29 is 9.90 Å². The summed E-state index contributed by atoms with van der Waals surface area (Å²) in [5.74, 6) is -1.06. The largest absolute Gasteiger partial charge is 0.477 e. The maximum absolute atomic E-state index is 10.8. The quantitative estimate of drug-likeness (QED) is 0.777. The van der Waals surface area contributed by atoms with Crippen LogP contribution in [-0.4, -0.2) is 30.8 Å². The number of carboxylic acids is 1. The Morgan fingerprint density at radius 3 is 2.87 bits per heavy atom. The number of pyridine rings is 1. The molecule has 0 aliphatic carbocycles. The van der Waals surface area contributed by atoms with Gasteiger partial charge >= 0.3 is 5.97 Å². The van der Waals surface area contributed by atoms with Crippen LogP contribution in [0.4, 0.5) is 0 Å². The molecule has 0 saturated carbocycles. The Kier molecular flexibility index (Phi) is 2.17. The van der Waals surface area contributed by atoms with Crippen LogP contribution in [0, 0.1) is 6.92 Å². The Bertz CT molecular complexity index is 493. The smallest absolute Gasteiger partial charge is 0.354 e. The maximum atomic E-state index is 10.8. The van der Waals surface area contributed by atoms with Gasteiger partial charge in [0.25, 0.3) is 0 Å². The monoisotopic (exact) mass is 204 g/mol. The van der Waals surface area contributed by atoms with Crippen LogP contribution < -0.4 is 0 Å². The van der Waals surface area contributed by atoms with Crippen LogP contribution in [0.5, 0.6) is 0 Å². The standard InChI is InChI=1S/C9H8N4O2/c1-6-2-7(13-5-10-4-11-13)3-8(12-6)9(14)15/h2-5H,1H3,(H,14,15). The molecule has 0 fully saturated rings. The first-order valence-corrected chi connectivity index (χ1v) is 4.24. The minimum Gasteiger partial charge on any atom is -0.477 e. The van der Waals surface area contributed by atoms with Gasteiger partial charge in [0, 0.05) is 5.69 Å². The van der Waals surface area contributed by atoms with Crippen LogP contribution in [0.1, 0.15) is 16.2 Å². The summed E-state index contributed by atoms with van der Waals surface area (Å²) in [6, 6.07) is 3.19. The Balaban J connectivity index is 2.54. The fourth-order valence-electron chi connectivity index (χ4n) is 1.23. The second kappa shape index (κ2) is 3.49. The van der Waals surface area contributed by atoms with E-state index in [0.29, 0.717) is 11.4 Å². The summed E-state index contributed by atoms with van der Waals surface area (Å²) in [6.07, 6.45) is 2.89. The third-order valence-electron chi connectivity index (χ3n) is 1.84. The van der Waals surface area contributed by atoms with Gasteiger partial charge in [-0.2, -0.15) is 5.10 Å². The Morgan fingerprint density at radius 2 is 2.27 bits per heavy atom. The highest BCUT2D eigenvalue weighted by Crippen LogP contribution is 2.09. The Morgan fingerprint density at radius 1 is 1.47 bits per heavy atom. The number of aromatic nitrogens is 4. The minimum absolute atomic E-state index is 0.000463. The summed E-state index contributed by atoms with van der Waals surface area (Å²) in [6.45, 7) is 1.73. The summed E-state index contributed by atoms with van der Waals surface area (Å²) in [5, 5.41) is 12.7. The van der Waals surface area contributed by atoms with Crippen molar-refractivity contribution in [3.05, 3.63) is 36.2 Å². The molecular formula is C9H8N4O2. The van der Waals surface area contributed by atoms with E-state index in [-0.39, 0.29) is 5.69 Å². The summed E-state index contributed by atoms with van der Waals surface area (Å²) in [4.78, 5) is 18.4. The van der Waals surface area contributed by atoms with E-state index in [1.54, 1.807) is 13.0 Å². The molecule has 0 bridgehead atoms. The van der Waals surface area contributed by atoms with E-state index in [2.05, 4.69) is 15.1 Å². The van der Waals surface area contributed by atoms with Crippen molar-refractivity contribution in [2.75, 3.05) is 0 Å². The molecule has 0 aliphatic heterocycles. The van der Waals surface area contributed by atoms with Crippen LogP contribution >= 0.6 is 0 Å². The predicted octanol–water partition coefficient (Wildman–Crippen LogP) is 0.669. The molecule has 2 aromatic rings. The van der Waals surface area contributed by atoms with Gasteiger partial charge in [-0.3, -0.25) is 0 Å². The molecule has 1 N–H and O–H groups in total. The van der Waals surface area contributed by atoms with E-state index in [1.165, 1.54) is 23.4 Å². The van der Waals surface area contributed by atoms with Crippen molar-refractivity contribution in [1.29, 1.82) is 0 Å². The van der Waals surface area contributed by atoms with E-state index in [9.17, 15) is 4.79 Å². The predicted molar refractivity (Wildman–Crippen MR) is 50.9 cm³/mol. The number of rotatable bonds is 2. The minimum atomic E-state index is -1.06. The summed E-state index contributed by atoms with van der Waals surface area (Å²) >= 11 is 0. The lowest BCUT2D eigenvalue weighted by Crippen LogP contribution is -2.05. The molecule has 0 atom stereocenters. The molecule has 6 nitrogen and oxygen atoms in total. The van der Waals surface area contributed by atoms with Crippen LogP contribution in [0.2, 0.25) is 0 Å². The zero-order valence-electron chi connectivity index (χ0n) is 7.95. The fourth-order valence-corrected chi connectivity index (χ4v) is 1.23. The first-order valence-electron chi connectivity index (χ1n) is 4.24. The van der Waals surface area contributed by atoms with Gasteiger partial charge in [-0.25, -0.2) is 19.4 Å². The van der Waals surface area contributed by atoms with Gasteiger partial charge < -0.3 is 5.11 Å². The molecule has 0 aromatic carbocycles. The molecule has 0 aliphatic rings. The Hall–Kier alpha value is -2.24. The molecule has 6 heteroatoms. The van der Waals surface area contributed by atoms with Crippen molar-refractivity contribution in [3.63, 3.8) is 0 Å². The molecule has 0 amide bonds. The molecule has 0 unspecified atom stereocenters. The number of aromatic carboxylic acids is 1. The molecule has 76 valence electrons. The number of hydrogen-bond acceptors (Lipinski definition) is 4. The number of nitrogens with zero attached hydrogens (tertiary/aromatic N) is 4. The van der Waals surface area contributed by atoms with Gasteiger partial charge in [-0.15, -0.1) is 0 Å². The number of carboxylic acid groups (broad SMARTS) is 1. The molecule has 2 heterocycles. The van der Waals surface area contributed by atoms with Crippen LogP contribution in [0.3, 0.4) is 0 Å². The van der Waals surface area contributed by atoms with E-state index >= 15 is 0 Å². The number of hydrogen-bond donors (Lipinski definition) is 1. The third-order valence-corrected chi connectivity index (χ3v) is 1.84. The lowest BCUT2D eigenvalue weighted by molar-refractivity contribution is 0.0690. The second-order valence-corrected chi connectivity index (χ2v) is 3.00. The lowest BCUT2D eigenvalue weighted by Gasteiger charge is -2.03. The first kappa shape index (κ1) is 9.32. The summed E-state index contributed by atoms with van der Waals surface area (Å²) in [7, 11) is 0. The zero-order chi connectivity index (χ0) is 10.8. The van der Waals surface area contributed by atoms with Gasteiger partial charge in [0.15, 0.2) is 5.69 Å². The number of carbonyl (C=O) groups is 1. The highest BCUT2D eigenvalue weighted by Gasteiger charge is 2.08. The van der Waals surface area contributed by atoms with Crippen LogP contribution in [-0.2, 0) is 0 Å². The van der Waals surface area contributed by atoms with Crippen molar-refractivity contribution >= 4 is 5.97 Å². The fraction of sp³-hybridized carbons (Fsp3) is 0.111. The molecule has 2 rings (SSSR count). The topological polar surface area (TPSA) is 80.9 Å². The molecule has 0 saturated heterocycles. The zero-order valence-corrected chi connectivity index (χ0v) is 7.95. The van der Waals surface area contributed by atoms with E-state index in [0.717, 1.165) is 0 Å². The van der Waals surface area contributed by atoms with Crippen molar-refractivity contribution in [1.82, 2.24) is 19.7 Å². The van der Waals surface area contributed by atoms with Gasteiger partial charge in [0.1, 0.15) is 12.7 Å². The van der Waals surface area contributed by atoms with Gasteiger partial charge in [0.2, 0.25) is 0 Å². The highest BCUT2D eigenvalue weighted by atomic mass is 16.4. The lowest BCUT2D eigenvalue weighted by atomic mass is 10.2. The Labute approximate surface area is 85.2 Å². The van der Waals surface area contributed by atoms with Gasteiger partial charge in [-0.1, -0.05) is 0 Å². The molecular weight excluding hydrogens is 196 g/mol. The molecule has 0 radical (unpaired) electrons. The maximum Gasteiger partial charge on any atom is 0.354 e. The highest BCUT2D eigenvalue weighted by molar-refractivity contribution is 5.86. The summed E-state index contributed by atoms with van der Waals surface area (Å²) < 4.78 is 1.49. The van der Waals surface area contributed by atoms with E-state index < -0.39 is 5.97 Å². The van der Waals surface area contributed by atoms with E-state index in [4.69, 9.17) is 5.11 Å². The van der Waals surface area contributed by atoms with Crippen LogP contribution in [0.25, 0.3) is 5.69 Å². The van der Waals surface area contributed by atoms with Crippen molar-refractivity contribution in [3.8, 4) is 5.69 Å². The average molecular weight is 204 g/mol. The van der Waals surface area contributed by atoms with E-state index in [1.807, 2.05) is 0 Å². The average Bonchev–Trinajstić information content (AvgIpc) is 2.69. The normalized spacial score (nSPS) is 10.2. The SMILES string of the molecule is Cc1cc(-n2cncn2)cc(C(=O)O)n1. The summed E-state index contributed by atoms with van der Waals surface area (Å²) in [5.41, 5.74) is 1.26. The molecule has 0 spiro atoms. The number of aryl methyl sites for hydroxylation is 1. The van der Waals surface area contributed by atoms with Crippen molar-refractivity contribution in [2.45, 2.75) is 6.92 Å². The van der Waals surface area contributed by atoms with Gasteiger partial charge in [-0.05, 0) is 19.1 Å². The third kappa shape index (κ3) is 1.83. The first-order chi connectivity index (χ1) is 7.16. The van der Waals surface area contributed by atoms with Gasteiger partial charge in [0.05, 0.1) is 5.69 Å². The molecule has 15 heavy (non-hydrogen) atoms. The molecule has 2 aromatic heterocycles. The van der Waals surface area contributed by atoms with Crippen molar-refractivity contribution in [2.24, 2.45) is 0 Å². The van der Waals surface area contributed by atoms with Crippen LogP contribution in [0.15, 0.2) is 24.8 Å².